The highest BCUT2D eigenvalue weighted by molar-refractivity contribution is 5.91. The Morgan fingerprint density at radius 1 is 1.20 bits per heavy atom. The number of aliphatic hydroxyl groups is 1. The maximum absolute atomic E-state index is 12.9. The largest absolute Gasteiger partial charge is 0.463 e. The van der Waals surface area contributed by atoms with Gasteiger partial charge in [-0.05, 0) is 23.6 Å². The molecule has 0 spiro atoms. The van der Waals surface area contributed by atoms with Crippen molar-refractivity contribution < 1.29 is 33.7 Å². The van der Waals surface area contributed by atoms with Gasteiger partial charge >= 0.3 is 11.9 Å². The van der Waals surface area contributed by atoms with E-state index >= 15 is 0 Å². The quantitative estimate of drug-likeness (QED) is 0.378. The molecule has 2 N–H and O–H groups in total. The van der Waals surface area contributed by atoms with Gasteiger partial charge in [0.05, 0.1) is 18.0 Å². The zero-order valence-corrected chi connectivity index (χ0v) is 22.6. The first-order valence-corrected chi connectivity index (χ1v) is 12.8. The number of anilines is 1. The maximum atomic E-state index is 12.9. The number of esters is 2. The summed E-state index contributed by atoms with van der Waals surface area (Å²) in [5.74, 6) is -1.87. The molecule has 5 atom stereocenters. The molecule has 0 bridgehead atoms. The molecule has 0 radical (unpaired) electrons. The highest BCUT2D eigenvalue weighted by Crippen LogP contribution is 2.42. The van der Waals surface area contributed by atoms with E-state index in [9.17, 15) is 24.8 Å². The number of nitrogens with one attached hydrogen (secondary N) is 1. The van der Waals surface area contributed by atoms with Crippen LogP contribution in [0.3, 0.4) is 0 Å². The monoisotopic (exact) mass is 549 g/mol. The van der Waals surface area contributed by atoms with Crippen molar-refractivity contribution in [3.05, 3.63) is 60.0 Å². The topological polar surface area (TPSA) is 165 Å². The number of nitriles is 1. The molecule has 40 heavy (non-hydrogen) atoms. The summed E-state index contributed by atoms with van der Waals surface area (Å²) in [5, 5.41) is 28.6. The Hall–Kier alpha value is -4.34. The average molecular weight is 550 g/mol. The summed E-state index contributed by atoms with van der Waals surface area (Å²) < 4.78 is 18.6. The highest BCUT2D eigenvalue weighted by Gasteiger charge is 2.60. The minimum Gasteiger partial charge on any atom is -0.463 e. The number of hydrogen-bond donors (Lipinski definition) is 2. The SMILES string of the molecule is CC(=O)Nc1ncnn2c([C@]3(C#N)O[C@H](COC(=O)Cc4ccccc4)[C@@H](OC(=O)[C@@H](C)C(C)C)[C@H]3O)ccc12. The van der Waals surface area contributed by atoms with E-state index in [1.54, 1.807) is 37.3 Å². The van der Waals surface area contributed by atoms with E-state index in [0.717, 1.165) is 5.56 Å². The summed E-state index contributed by atoms with van der Waals surface area (Å²) in [6.07, 6.45) is -2.99. The number of hydrogen-bond acceptors (Lipinski definition) is 10. The smallest absolute Gasteiger partial charge is 0.310 e. The molecule has 12 nitrogen and oxygen atoms in total. The Morgan fingerprint density at radius 2 is 1.93 bits per heavy atom. The second kappa shape index (κ2) is 11.8. The van der Waals surface area contributed by atoms with Crippen LogP contribution in [0.2, 0.25) is 0 Å². The van der Waals surface area contributed by atoms with Gasteiger partial charge < -0.3 is 24.6 Å². The summed E-state index contributed by atoms with van der Waals surface area (Å²) >= 11 is 0. The van der Waals surface area contributed by atoms with Gasteiger partial charge in [-0.1, -0.05) is 51.1 Å². The highest BCUT2D eigenvalue weighted by atomic mass is 16.6. The van der Waals surface area contributed by atoms with E-state index in [1.807, 2.05) is 26.0 Å². The van der Waals surface area contributed by atoms with Gasteiger partial charge in [-0.3, -0.25) is 14.4 Å². The van der Waals surface area contributed by atoms with E-state index in [0.29, 0.717) is 5.52 Å². The van der Waals surface area contributed by atoms with Crippen LogP contribution in [-0.2, 0) is 40.6 Å². The fraction of sp³-hybridized carbons (Fsp3) is 0.429. The third kappa shape index (κ3) is 5.66. The van der Waals surface area contributed by atoms with Crippen molar-refractivity contribution in [2.45, 2.75) is 58.0 Å². The molecule has 3 heterocycles. The number of ether oxygens (including phenoxy) is 3. The van der Waals surface area contributed by atoms with E-state index in [2.05, 4.69) is 15.4 Å². The van der Waals surface area contributed by atoms with Crippen LogP contribution in [0.15, 0.2) is 48.8 Å². The molecule has 1 amide bonds. The summed E-state index contributed by atoms with van der Waals surface area (Å²) in [6, 6.07) is 14.1. The maximum Gasteiger partial charge on any atom is 0.310 e. The lowest BCUT2D eigenvalue weighted by atomic mass is 9.92. The molecule has 0 aliphatic carbocycles. The van der Waals surface area contributed by atoms with Gasteiger partial charge in [0, 0.05) is 6.92 Å². The Balaban J connectivity index is 1.66. The van der Waals surface area contributed by atoms with Crippen molar-refractivity contribution in [1.29, 1.82) is 5.26 Å². The van der Waals surface area contributed by atoms with Crippen LogP contribution in [-0.4, -0.2) is 62.5 Å². The minimum atomic E-state index is -2.06. The molecule has 3 aromatic rings. The zero-order chi connectivity index (χ0) is 29.0. The fourth-order valence-electron chi connectivity index (χ4n) is 4.42. The zero-order valence-electron chi connectivity index (χ0n) is 22.6. The third-order valence-electron chi connectivity index (χ3n) is 6.95. The Bertz CT molecular complexity index is 1430. The number of fused-ring (bicyclic) bond motifs is 1. The number of aromatic nitrogens is 3. The number of aliphatic hydroxyl groups excluding tert-OH is 1. The first kappa shape index (κ1) is 28.7. The van der Waals surface area contributed by atoms with Gasteiger partial charge in [0.1, 0.15) is 36.7 Å². The predicted molar refractivity (Wildman–Crippen MR) is 140 cm³/mol. The number of carbonyl (C=O) groups is 3. The van der Waals surface area contributed by atoms with Gasteiger partial charge in [0.25, 0.3) is 0 Å². The summed E-state index contributed by atoms with van der Waals surface area (Å²) in [4.78, 5) is 41.2. The molecule has 210 valence electrons. The van der Waals surface area contributed by atoms with Crippen LogP contribution >= 0.6 is 0 Å². The lowest BCUT2D eigenvalue weighted by Gasteiger charge is -2.25. The van der Waals surface area contributed by atoms with E-state index in [-0.39, 0.29) is 36.4 Å². The molecule has 1 aromatic carbocycles. The molecule has 4 rings (SSSR count). The van der Waals surface area contributed by atoms with Crippen molar-refractivity contribution in [3.63, 3.8) is 0 Å². The fourth-order valence-corrected chi connectivity index (χ4v) is 4.42. The molecule has 0 unspecified atom stereocenters. The molecule has 12 heteroatoms. The number of nitrogens with zero attached hydrogens (tertiary/aromatic N) is 4. The Morgan fingerprint density at radius 3 is 2.58 bits per heavy atom. The second-order valence-corrected chi connectivity index (χ2v) is 10.0. The first-order chi connectivity index (χ1) is 19.1. The van der Waals surface area contributed by atoms with Crippen molar-refractivity contribution in [2.75, 3.05) is 11.9 Å². The van der Waals surface area contributed by atoms with E-state index in [1.165, 1.54) is 23.8 Å². The van der Waals surface area contributed by atoms with Crippen molar-refractivity contribution >= 4 is 29.2 Å². The number of amides is 1. The van der Waals surface area contributed by atoms with E-state index in [4.69, 9.17) is 14.2 Å². The van der Waals surface area contributed by atoms with Crippen LogP contribution in [0, 0.1) is 23.2 Å². The van der Waals surface area contributed by atoms with Crippen LogP contribution < -0.4 is 5.32 Å². The summed E-state index contributed by atoms with van der Waals surface area (Å²) in [5.41, 5.74) is -0.855. The first-order valence-electron chi connectivity index (χ1n) is 12.8. The normalized spacial score (nSPS) is 23.0. The number of rotatable bonds is 9. The Kier molecular flexibility index (Phi) is 8.46. The average Bonchev–Trinajstić information content (AvgIpc) is 3.48. The van der Waals surface area contributed by atoms with Crippen molar-refractivity contribution in [3.8, 4) is 6.07 Å². The number of benzene rings is 1. The predicted octanol–water partition coefficient (Wildman–Crippen LogP) is 2.16. The minimum absolute atomic E-state index is 0.000526. The second-order valence-electron chi connectivity index (χ2n) is 10.0. The van der Waals surface area contributed by atoms with Crippen molar-refractivity contribution in [1.82, 2.24) is 14.6 Å². The van der Waals surface area contributed by atoms with E-state index < -0.39 is 41.8 Å². The molecule has 0 saturated carbocycles. The molecule has 1 aliphatic heterocycles. The molecule has 1 saturated heterocycles. The van der Waals surface area contributed by atoms with Gasteiger partial charge in [-0.2, -0.15) is 10.4 Å². The van der Waals surface area contributed by atoms with Crippen LogP contribution in [0.1, 0.15) is 39.0 Å². The van der Waals surface area contributed by atoms with Gasteiger partial charge in [-0.25, -0.2) is 9.50 Å². The lowest BCUT2D eigenvalue weighted by Crippen LogP contribution is -2.44. The molecule has 1 aliphatic rings. The molecular weight excluding hydrogens is 518 g/mol. The van der Waals surface area contributed by atoms with Gasteiger partial charge in [-0.15, -0.1) is 0 Å². The van der Waals surface area contributed by atoms with Crippen LogP contribution in [0.25, 0.3) is 5.52 Å². The molecule has 1 fully saturated rings. The van der Waals surface area contributed by atoms with Gasteiger partial charge in [0.15, 0.2) is 11.9 Å². The Labute approximate surface area is 230 Å². The molecule has 2 aromatic heterocycles. The lowest BCUT2D eigenvalue weighted by molar-refractivity contribution is -0.164. The third-order valence-corrected chi connectivity index (χ3v) is 6.95. The summed E-state index contributed by atoms with van der Waals surface area (Å²) in [6.45, 7) is 6.35. The van der Waals surface area contributed by atoms with Crippen LogP contribution in [0.5, 0.6) is 0 Å². The number of carbonyl (C=O) groups excluding carboxylic acids is 3. The van der Waals surface area contributed by atoms with Crippen LogP contribution in [0.4, 0.5) is 5.82 Å². The summed E-state index contributed by atoms with van der Waals surface area (Å²) in [7, 11) is 0. The van der Waals surface area contributed by atoms with Gasteiger partial charge in [0.2, 0.25) is 11.5 Å². The standard InChI is InChI=1S/C28H31N5O7/c1-16(2)17(3)27(37)39-24-21(13-38-23(35)12-19-8-6-5-7-9-19)40-28(14-29,25(24)36)22-11-10-20-26(32-18(4)34)30-15-31-33(20)22/h5-11,15-17,21,24-25,36H,12-13H2,1-4H3,(H,30,31,32,34)/t17-,21+,24+,25+,28-/m0/s1. The van der Waals surface area contributed by atoms with Crippen molar-refractivity contribution in [2.24, 2.45) is 11.8 Å². The molecular formula is C28H31N5O7.